The van der Waals surface area contributed by atoms with Gasteiger partial charge < -0.3 is 24.8 Å². The fraction of sp³-hybridized carbons (Fsp3) is 0.100. The number of ether oxygens (including phenoxy) is 1. The third-order valence-electron chi connectivity index (χ3n) is 3.97. The molecule has 0 radical (unpaired) electrons. The minimum absolute atomic E-state index is 0.0693. The first-order valence-corrected chi connectivity index (χ1v) is 8.51. The molecule has 0 bridgehead atoms. The normalized spacial score (nSPS) is 10.2. The van der Waals surface area contributed by atoms with Crippen LogP contribution in [0.15, 0.2) is 64.0 Å². The van der Waals surface area contributed by atoms with Crippen LogP contribution < -0.4 is 16.2 Å². The molecule has 2 aromatic heterocycles. The van der Waals surface area contributed by atoms with E-state index < -0.39 is 23.3 Å². The van der Waals surface area contributed by atoms with Crippen LogP contribution in [0, 0.1) is 0 Å². The molecule has 0 atom stereocenters. The van der Waals surface area contributed by atoms with Crippen molar-refractivity contribution in [2.24, 2.45) is 0 Å². The first kappa shape index (κ1) is 19.6. The van der Waals surface area contributed by atoms with E-state index in [9.17, 15) is 19.2 Å². The Hall–Kier alpha value is -4.14. The zero-order valence-electron chi connectivity index (χ0n) is 15.4. The number of hydrogen-bond donors (Lipinski definition) is 3. The van der Waals surface area contributed by atoms with Gasteiger partial charge in [-0.15, -0.1) is 0 Å². The molecule has 0 unspecified atom stereocenters. The first-order valence-electron chi connectivity index (χ1n) is 8.51. The number of carbonyl (C=O) groups is 3. The van der Waals surface area contributed by atoms with E-state index in [0.29, 0.717) is 22.7 Å². The van der Waals surface area contributed by atoms with Crippen molar-refractivity contribution in [2.45, 2.75) is 0 Å². The second kappa shape index (κ2) is 8.70. The van der Waals surface area contributed by atoms with Crippen molar-refractivity contribution in [1.29, 1.82) is 0 Å². The number of aromatic amines is 1. The predicted molar refractivity (Wildman–Crippen MR) is 104 cm³/mol. The number of methoxy groups -OCH3 is 1. The van der Waals surface area contributed by atoms with Gasteiger partial charge in [-0.05, 0) is 48.5 Å². The SMILES string of the molecule is COC(=O)CNC(=O)c1ccc(NC(=O)c2ccc(-c3ccco3)[nH]c2=O)cc1. The van der Waals surface area contributed by atoms with Crippen LogP contribution in [0.25, 0.3) is 11.5 Å². The molecule has 0 aliphatic carbocycles. The molecule has 3 aromatic rings. The molecule has 0 aliphatic rings. The van der Waals surface area contributed by atoms with Gasteiger partial charge in [-0.3, -0.25) is 19.2 Å². The molecule has 9 heteroatoms. The van der Waals surface area contributed by atoms with Crippen molar-refractivity contribution in [2.75, 3.05) is 19.0 Å². The number of benzene rings is 1. The molecule has 2 heterocycles. The molecule has 0 spiro atoms. The zero-order chi connectivity index (χ0) is 20.8. The number of nitrogens with one attached hydrogen (secondary N) is 3. The predicted octanol–water partition coefficient (Wildman–Crippen LogP) is 1.79. The molecule has 3 rings (SSSR count). The van der Waals surface area contributed by atoms with Crippen LogP contribution >= 0.6 is 0 Å². The fourth-order valence-corrected chi connectivity index (χ4v) is 2.46. The van der Waals surface area contributed by atoms with Gasteiger partial charge in [-0.2, -0.15) is 0 Å². The van der Waals surface area contributed by atoms with Crippen LogP contribution in [0.5, 0.6) is 0 Å². The number of hydrogen-bond acceptors (Lipinski definition) is 6. The average Bonchev–Trinajstić information content (AvgIpc) is 3.27. The largest absolute Gasteiger partial charge is 0.468 e. The van der Waals surface area contributed by atoms with Gasteiger partial charge >= 0.3 is 5.97 Å². The third-order valence-corrected chi connectivity index (χ3v) is 3.97. The van der Waals surface area contributed by atoms with Gasteiger partial charge in [-0.1, -0.05) is 0 Å². The number of rotatable bonds is 6. The smallest absolute Gasteiger partial charge is 0.325 e. The van der Waals surface area contributed by atoms with Gasteiger partial charge in [0.25, 0.3) is 17.4 Å². The number of aromatic nitrogens is 1. The van der Waals surface area contributed by atoms with Crippen molar-refractivity contribution < 1.29 is 23.5 Å². The summed E-state index contributed by atoms with van der Waals surface area (Å²) in [5.74, 6) is -1.14. The van der Waals surface area contributed by atoms with E-state index in [2.05, 4.69) is 20.4 Å². The van der Waals surface area contributed by atoms with E-state index in [4.69, 9.17) is 4.42 Å². The Morgan fingerprint density at radius 1 is 1.03 bits per heavy atom. The topological polar surface area (TPSA) is 130 Å². The van der Waals surface area contributed by atoms with Crippen molar-refractivity contribution in [3.8, 4) is 11.5 Å². The molecule has 0 aliphatic heterocycles. The summed E-state index contributed by atoms with van der Waals surface area (Å²) in [6, 6.07) is 12.3. The Morgan fingerprint density at radius 2 is 1.79 bits per heavy atom. The lowest BCUT2D eigenvalue weighted by molar-refractivity contribution is -0.139. The van der Waals surface area contributed by atoms with E-state index in [0.717, 1.165) is 0 Å². The molecule has 2 amide bonds. The van der Waals surface area contributed by atoms with Crippen LogP contribution in [0.3, 0.4) is 0 Å². The molecular formula is C20H17N3O6. The van der Waals surface area contributed by atoms with Gasteiger partial charge in [0.15, 0.2) is 0 Å². The molecule has 0 fully saturated rings. The van der Waals surface area contributed by atoms with E-state index in [1.165, 1.54) is 43.7 Å². The van der Waals surface area contributed by atoms with Gasteiger partial charge in [0.1, 0.15) is 17.9 Å². The van der Waals surface area contributed by atoms with Gasteiger partial charge in [0.2, 0.25) is 0 Å². The summed E-state index contributed by atoms with van der Waals surface area (Å²) in [6.07, 6.45) is 1.48. The van der Waals surface area contributed by atoms with E-state index in [1.54, 1.807) is 18.2 Å². The first-order chi connectivity index (χ1) is 14.0. The number of anilines is 1. The number of pyridine rings is 1. The van der Waals surface area contributed by atoms with Crippen LogP contribution in [-0.2, 0) is 9.53 Å². The third kappa shape index (κ3) is 4.78. The molecule has 1 aromatic carbocycles. The standard InChI is InChI=1S/C20H17N3O6/c1-28-17(24)11-21-18(25)12-4-6-13(7-5-12)22-19(26)14-8-9-15(23-20(14)27)16-3-2-10-29-16/h2-10H,11H2,1H3,(H,21,25)(H,22,26)(H,23,27). The highest BCUT2D eigenvalue weighted by Gasteiger charge is 2.13. The highest BCUT2D eigenvalue weighted by Crippen LogP contribution is 2.16. The lowest BCUT2D eigenvalue weighted by atomic mass is 10.1. The Morgan fingerprint density at radius 3 is 2.41 bits per heavy atom. The highest BCUT2D eigenvalue weighted by molar-refractivity contribution is 6.04. The average molecular weight is 395 g/mol. The lowest BCUT2D eigenvalue weighted by Crippen LogP contribution is -2.30. The van der Waals surface area contributed by atoms with E-state index in [1.807, 2.05) is 0 Å². The number of carbonyl (C=O) groups excluding carboxylic acids is 3. The summed E-state index contributed by atoms with van der Waals surface area (Å²) in [5.41, 5.74) is 0.524. The molecule has 9 nitrogen and oxygen atoms in total. The molecule has 0 saturated carbocycles. The van der Waals surface area contributed by atoms with Crippen molar-refractivity contribution in [1.82, 2.24) is 10.3 Å². The Kier molecular flexibility index (Phi) is 5.88. The van der Waals surface area contributed by atoms with Gasteiger partial charge in [-0.25, -0.2) is 0 Å². The summed E-state index contributed by atoms with van der Waals surface area (Å²) in [7, 11) is 1.22. The minimum Gasteiger partial charge on any atom is -0.468 e. The van der Waals surface area contributed by atoms with Crippen molar-refractivity contribution >= 4 is 23.5 Å². The molecule has 148 valence electrons. The summed E-state index contributed by atoms with van der Waals surface area (Å²) >= 11 is 0. The number of amides is 2. The van der Waals surface area contributed by atoms with E-state index in [-0.39, 0.29) is 12.1 Å². The summed E-state index contributed by atoms with van der Waals surface area (Å²) < 4.78 is 9.65. The summed E-state index contributed by atoms with van der Waals surface area (Å²) in [5, 5.41) is 5.00. The molecule has 3 N–H and O–H groups in total. The van der Waals surface area contributed by atoms with Gasteiger partial charge in [0.05, 0.1) is 19.1 Å². The van der Waals surface area contributed by atoms with Crippen molar-refractivity contribution in [3.05, 3.63) is 76.3 Å². The molecule has 29 heavy (non-hydrogen) atoms. The number of esters is 1. The summed E-state index contributed by atoms with van der Waals surface area (Å²) in [6.45, 7) is -0.245. The van der Waals surface area contributed by atoms with Gasteiger partial charge in [0, 0.05) is 11.3 Å². The zero-order valence-corrected chi connectivity index (χ0v) is 15.4. The molecular weight excluding hydrogens is 378 g/mol. The number of H-pyrrole nitrogens is 1. The Bertz CT molecular complexity index is 1080. The maximum atomic E-state index is 12.4. The minimum atomic E-state index is -0.597. The number of furan rings is 1. The Labute approximate surface area is 164 Å². The lowest BCUT2D eigenvalue weighted by Gasteiger charge is -2.07. The van der Waals surface area contributed by atoms with Crippen LogP contribution in [0.2, 0.25) is 0 Å². The quantitative estimate of drug-likeness (QED) is 0.546. The maximum absolute atomic E-state index is 12.4. The summed E-state index contributed by atoms with van der Waals surface area (Å²) in [4.78, 5) is 50.2. The Balaban J connectivity index is 1.66. The van der Waals surface area contributed by atoms with Crippen LogP contribution in [0.4, 0.5) is 5.69 Å². The van der Waals surface area contributed by atoms with Crippen LogP contribution in [-0.4, -0.2) is 36.4 Å². The second-order valence-corrected chi connectivity index (χ2v) is 5.88. The van der Waals surface area contributed by atoms with Crippen LogP contribution in [0.1, 0.15) is 20.7 Å². The highest BCUT2D eigenvalue weighted by atomic mass is 16.5. The maximum Gasteiger partial charge on any atom is 0.325 e. The fourth-order valence-electron chi connectivity index (χ4n) is 2.46. The van der Waals surface area contributed by atoms with E-state index >= 15 is 0 Å². The monoisotopic (exact) mass is 395 g/mol. The second-order valence-electron chi connectivity index (χ2n) is 5.88. The molecule has 0 saturated heterocycles. The van der Waals surface area contributed by atoms with Crippen molar-refractivity contribution in [3.63, 3.8) is 0 Å².